The molecule has 0 radical (unpaired) electrons. The number of benzene rings is 1. The highest BCUT2D eigenvalue weighted by atomic mass is 32.1. The lowest BCUT2D eigenvalue weighted by Crippen LogP contribution is -2.32. The van der Waals surface area contributed by atoms with Crippen molar-refractivity contribution in [2.45, 2.75) is 38.5 Å². The van der Waals surface area contributed by atoms with E-state index in [0.717, 1.165) is 28.9 Å². The fraction of sp³-hybridized carbons (Fsp3) is 0.471. The zero-order chi connectivity index (χ0) is 13.8. The molecular weight excluding hydrogens is 252 g/mol. The second-order valence-corrected chi connectivity index (χ2v) is 7.18. The van der Waals surface area contributed by atoms with E-state index in [-0.39, 0.29) is 10.8 Å². The van der Waals surface area contributed by atoms with Crippen molar-refractivity contribution < 1.29 is 4.79 Å². The van der Waals surface area contributed by atoms with E-state index in [4.69, 9.17) is 0 Å². The van der Waals surface area contributed by atoms with Gasteiger partial charge in [0.15, 0.2) is 5.78 Å². The van der Waals surface area contributed by atoms with Gasteiger partial charge in [-0.2, -0.15) is 0 Å². The van der Waals surface area contributed by atoms with Crippen molar-refractivity contribution in [1.29, 1.82) is 0 Å². The monoisotopic (exact) mass is 272 g/mol. The minimum Gasteiger partial charge on any atom is -0.294 e. The van der Waals surface area contributed by atoms with Gasteiger partial charge in [-0.15, -0.1) is 12.6 Å². The second-order valence-electron chi connectivity index (χ2n) is 6.67. The molecule has 1 aromatic carbocycles. The molecule has 2 heteroatoms. The zero-order valence-electron chi connectivity index (χ0n) is 11.7. The van der Waals surface area contributed by atoms with Crippen molar-refractivity contribution >= 4 is 24.5 Å². The van der Waals surface area contributed by atoms with Crippen LogP contribution in [0, 0.1) is 16.7 Å². The van der Waals surface area contributed by atoms with Crippen LogP contribution in [0.3, 0.4) is 0 Å². The van der Waals surface area contributed by atoms with Crippen LogP contribution in [0.5, 0.6) is 0 Å². The van der Waals surface area contributed by atoms with Gasteiger partial charge >= 0.3 is 0 Å². The number of ketones is 1. The summed E-state index contributed by atoms with van der Waals surface area (Å²) in [6.45, 7) is 6.65. The predicted octanol–water partition coefficient (Wildman–Crippen LogP) is 4.38. The van der Waals surface area contributed by atoms with Crippen molar-refractivity contribution in [3.8, 4) is 0 Å². The first kappa shape index (κ1) is 13.0. The number of carbonyl (C=O) groups is 1. The summed E-state index contributed by atoms with van der Waals surface area (Å²) in [5.41, 5.74) is 2.07. The van der Waals surface area contributed by atoms with Crippen LogP contribution in [0.2, 0.25) is 0 Å². The molecule has 2 fully saturated rings. The zero-order valence-corrected chi connectivity index (χ0v) is 12.6. The van der Waals surface area contributed by atoms with Crippen LogP contribution < -0.4 is 0 Å². The number of carbonyl (C=O) groups excluding carboxylic acids is 1. The molecule has 2 bridgehead atoms. The second kappa shape index (κ2) is 3.99. The standard InChI is InChI=1S/C17H20OS/c1-16(2)14-8-9-17(16,3)15(18)13(14)10-11-4-6-12(19)7-5-11/h4-7,10,14,19H,8-9H2,1-3H3/b13-10+. The summed E-state index contributed by atoms with van der Waals surface area (Å²) in [4.78, 5) is 13.6. The van der Waals surface area contributed by atoms with Crippen molar-refractivity contribution in [3.05, 3.63) is 35.4 Å². The summed E-state index contributed by atoms with van der Waals surface area (Å²) in [5.74, 6) is 0.782. The number of thiol groups is 1. The summed E-state index contributed by atoms with van der Waals surface area (Å²) >= 11 is 4.29. The molecule has 1 nitrogen and oxygen atoms in total. The first-order valence-corrected chi connectivity index (χ1v) is 7.36. The summed E-state index contributed by atoms with van der Waals surface area (Å²) in [5, 5.41) is 0. The third-order valence-electron chi connectivity index (χ3n) is 5.58. The van der Waals surface area contributed by atoms with Crippen molar-refractivity contribution in [1.82, 2.24) is 0 Å². The molecule has 0 spiro atoms. The molecule has 2 atom stereocenters. The number of hydrogen-bond acceptors (Lipinski definition) is 2. The maximum Gasteiger partial charge on any atom is 0.165 e. The van der Waals surface area contributed by atoms with Crippen LogP contribution in [0.15, 0.2) is 34.7 Å². The molecule has 3 rings (SSSR count). The van der Waals surface area contributed by atoms with E-state index in [2.05, 4.69) is 39.5 Å². The predicted molar refractivity (Wildman–Crippen MR) is 81.3 cm³/mol. The van der Waals surface area contributed by atoms with E-state index < -0.39 is 0 Å². The molecule has 2 unspecified atom stereocenters. The Hall–Kier alpha value is -1.02. The van der Waals surface area contributed by atoms with Gasteiger partial charge in [0.25, 0.3) is 0 Å². The highest BCUT2D eigenvalue weighted by molar-refractivity contribution is 7.80. The summed E-state index contributed by atoms with van der Waals surface area (Å²) < 4.78 is 0. The Labute approximate surface area is 120 Å². The van der Waals surface area contributed by atoms with Crippen LogP contribution in [-0.4, -0.2) is 5.78 Å². The molecule has 19 heavy (non-hydrogen) atoms. The molecule has 0 saturated heterocycles. The average molecular weight is 272 g/mol. The SMILES string of the molecule is CC12CCC(/C(=C\c3ccc(S)cc3)C1=O)C2(C)C. The first-order chi connectivity index (χ1) is 8.86. The van der Waals surface area contributed by atoms with Crippen molar-refractivity contribution in [3.63, 3.8) is 0 Å². The number of fused-ring (bicyclic) bond motifs is 2. The Morgan fingerprint density at radius 2 is 1.84 bits per heavy atom. The van der Waals surface area contributed by atoms with Gasteiger partial charge in [-0.25, -0.2) is 0 Å². The maximum absolute atomic E-state index is 12.7. The fourth-order valence-electron chi connectivity index (χ4n) is 3.84. The number of rotatable bonds is 1. The Bertz CT molecular complexity index is 567. The summed E-state index contributed by atoms with van der Waals surface area (Å²) in [7, 11) is 0. The van der Waals surface area contributed by atoms with Crippen LogP contribution in [0.25, 0.3) is 6.08 Å². The molecule has 0 heterocycles. The van der Waals surface area contributed by atoms with E-state index in [1.807, 2.05) is 24.3 Å². The van der Waals surface area contributed by atoms with Gasteiger partial charge in [0.2, 0.25) is 0 Å². The molecule has 0 amide bonds. The molecule has 100 valence electrons. The van der Waals surface area contributed by atoms with Gasteiger partial charge in [0.05, 0.1) is 0 Å². The quantitative estimate of drug-likeness (QED) is 0.593. The minimum absolute atomic E-state index is 0.0966. The largest absolute Gasteiger partial charge is 0.294 e. The minimum atomic E-state index is -0.160. The van der Waals surface area contributed by atoms with Crippen LogP contribution in [-0.2, 0) is 4.79 Å². The lowest BCUT2D eigenvalue weighted by molar-refractivity contribution is -0.125. The number of allylic oxidation sites excluding steroid dienone is 1. The van der Waals surface area contributed by atoms with E-state index in [9.17, 15) is 4.79 Å². The molecule has 2 aliphatic rings. The van der Waals surface area contributed by atoms with E-state index in [1.54, 1.807) is 0 Å². The Balaban J connectivity index is 2.04. The number of hydrogen-bond donors (Lipinski definition) is 1. The van der Waals surface area contributed by atoms with E-state index in [0.29, 0.717) is 11.7 Å². The van der Waals surface area contributed by atoms with E-state index in [1.165, 1.54) is 0 Å². The molecular formula is C17H20OS. The first-order valence-electron chi connectivity index (χ1n) is 6.92. The highest BCUT2D eigenvalue weighted by Crippen LogP contribution is 2.65. The van der Waals surface area contributed by atoms with Gasteiger partial charge < -0.3 is 0 Å². The lowest BCUT2D eigenvalue weighted by Gasteiger charge is -2.31. The smallest absolute Gasteiger partial charge is 0.165 e. The fourth-order valence-corrected chi connectivity index (χ4v) is 3.99. The average Bonchev–Trinajstić information content (AvgIpc) is 2.66. The van der Waals surface area contributed by atoms with Crippen molar-refractivity contribution in [2.24, 2.45) is 16.7 Å². The molecule has 0 N–H and O–H groups in total. The molecule has 1 aromatic rings. The van der Waals surface area contributed by atoms with Gasteiger partial charge in [0, 0.05) is 10.3 Å². The third-order valence-corrected chi connectivity index (χ3v) is 5.88. The molecule has 0 aromatic heterocycles. The summed E-state index contributed by atoms with van der Waals surface area (Å²) in [6.07, 6.45) is 4.27. The van der Waals surface area contributed by atoms with E-state index >= 15 is 0 Å². The number of Topliss-reactive ketones (excluding diaryl/α,β-unsaturated/α-hetero) is 1. The topological polar surface area (TPSA) is 17.1 Å². The Kier molecular flexibility index (Phi) is 2.72. The molecule has 2 aliphatic carbocycles. The van der Waals surface area contributed by atoms with Gasteiger partial charge in [-0.05, 0) is 53.5 Å². The van der Waals surface area contributed by atoms with Crippen LogP contribution in [0.4, 0.5) is 0 Å². The normalized spacial score (nSPS) is 34.2. The Morgan fingerprint density at radius 1 is 1.21 bits per heavy atom. The Morgan fingerprint density at radius 3 is 2.37 bits per heavy atom. The van der Waals surface area contributed by atoms with Gasteiger partial charge in [-0.3, -0.25) is 4.79 Å². The lowest BCUT2D eigenvalue weighted by atomic mass is 9.70. The highest BCUT2D eigenvalue weighted by Gasteiger charge is 2.63. The van der Waals surface area contributed by atoms with Crippen molar-refractivity contribution in [2.75, 3.05) is 0 Å². The van der Waals surface area contributed by atoms with Gasteiger partial charge in [0.1, 0.15) is 0 Å². The summed E-state index contributed by atoms with van der Waals surface area (Å²) in [6, 6.07) is 8.01. The molecule has 0 aliphatic heterocycles. The van der Waals surface area contributed by atoms with Gasteiger partial charge in [-0.1, -0.05) is 32.9 Å². The maximum atomic E-state index is 12.7. The van der Waals surface area contributed by atoms with Crippen LogP contribution >= 0.6 is 12.6 Å². The third kappa shape index (κ3) is 1.66. The molecule has 2 saturated carbocycles. The van der Waals surface area contributed by atoms with Crippen LogP contribution in [0.1, 0.15) is 39.2 Å².